The second-order valence-corrected chi connectivity index (χ2v) is 5.37. The van der Waals surface area contributed by atoms with Crippen molar-refractivity contribution in [3.8, 4) is 0 Å². The van der Waals surface area contributed by atoms with Crippen molar-refractivity contribution in [3.05, 3.63) is 34.1 Å². The number of Topliss-reactive ketones (excluding diaryl/α,β-unsaturated/α-hetero) is 1. The summed E-state index contributed by atoms with van der Waals surface area (Å²) in [5, 5.41) is 0.234. The van der Waals surface area contributed by atoms with Crippen molar-refractivity contribution >= 4 is 17.4 Å². The first-order valence-electron chi connectivity index (χ1n) is 6.00. The van der Waals surface area contributed by atoms with Crippen LogP contribution in [0.1, 0.15) is 42.1 Å². The Hall–Kier alpha value is -0.890. The first-order valence-corrected chi connectivity index (χ1v) is 6.38. The summed E-state index contributed by atoms with van der Waals surface area (Å²) in [6.07, 6.45) is 3.11. The number of halogens is 2. The van der Waals surface area contributed by atoms with E-state index in [1.165, 1.54) is 6.07 Å². The van der Waals surface area contributed by atoms with Crippen LogP contribution in [0, 0.1) is 24.6 Å². The number of carbonyl (C=O) groups is 1. The van der Waals surface area contributed by atoms with E-state index in [4.69, 9.17) is 11.6 Å². The molecule has 1 aliphatic rings. The lowest BCUT2D eigenvalue weighted by atomic mass is 9.89. The van der Waals surface area contributed by atoms with Crippen LogP contribution in [0.4, 0.5) is 4.39 Å². The highest BCUT2D eigenvalue weighted by Gasteiger charge is 2.31. The Kier molecular flexibility index (Phi) is 3.53. The van der Waals surface area contributed by atoms with Gasteiger partial charge < -0.3 is 0 Å². The summed E-state index contributed by atoms with van der Waals surface area (Å²) in [4.78, 5) is 12.3. The van der Waals surface area contributed by atoms with Gasteiger partial charge in [-0.25, -0.2) is 4.39 Å². The van der Waals surface area contributed by atoms with Crippen LogP contribution in [0.2, 0.25) is 5.02 Å². The Balaban J connectivity index is 2.34. The minimum Gasteiger partial charge on any atom is -0.294 e. The zero-order valence-electron chi connectivity index (χ0n) is 10.1. The third-order valence-electron chi connectivity index (χ3n) is 3.71. The van der Waals surface area contributed by atoms with Crippen LogP contribution in [-0.4, -0.2) is 5.78 Å². The van der Waals surface area contributed by atoms with Gasteiger partial charge >= 0.3 is 0 Å². The highest BCUT2D eigenvalue weighted by atomic mass is 35.5. The Morgan fingerprint density at radius 1 is 1.41 bits per heavy atom. The highest BCUT2D eigenvalue weighted by molar-refractivity contribution is 6.34. The number of benzene rings is 1. The lowest BCUT2D eigenvalue weighted by Gasteiger charge is -2.15. The summed E-state index contributed by atoms with van der Waals surface area (Å²) < 4.78 is 13.3. The molecule has 0 amide bonds. The molecule has 0 radical (unpaired) electrons. The van der Waals surface area contributed by atoms with Gasteiger partial charge in [0.05, 0.1) is 5.02 Å². The van der Waals surface area contributed by atoms with Crippen molar-refractivity contribution in [1.82, 2.24) is 0 Å². The molecule has 1 aromatic carbocycles. The van der Waals surface area contributed by atoms with E-state index < -0.39 is 0 Å². The van der Waals surface area contributed by atoms with Gasteiger partial charge in [-0.15, -0.1) is 0 Å². The molecule has 1 aliphatic carbocycles. The SMILES string of the molecule is Cc1cc(C(=O)C2CCCC2C)c(Cl)cc1F. The van der Waals surface area contributed by atoms with Gasteiger partial charge in [0, 0.05) is 11.5 Å². The molecule has 2 unspecified atom stereocenters. The summed E-state index contributed by atoms with van der Waals surface area (Å²) >= 11 is 5.96. The third kappa shape index (κ3) is 2.37. The normalized spacial score (nSPS) is 24.0. The lowest BCUT2D eigenvalue weighted by molar-refractivity contribution is 0.0897. The molecule has 0 spiro atoms. The largest absolute Gasteiger partial charge is 0.294 e. The van der Waals surface area contributed by atoms with E-state index >= 15 is 0 Å². The predicted octanol–water partition coefficient (Wildman–Crippen LogP) is 4.41. The molecule has 17 heavy (non-hydrogen) atoms. The molecule has 0 aliphatic heterocycles. The van der Waals surface area contributed by atoms with Crippen molar-refractivity contribution in [2.24, 2.45) is 11.8 Å². The minimum atomic E-state index is -0.356. The smallest absolute Gasteiger partial charge is 0.167 e. The number of hydrogen-bond acceptors (Lipinski definition) is 1. The zero-order chi connectivity index (χ0) is 12.6. The van der Waals surface area contributed by atoms with Crippen LogP contribution in [-0.2, 0) is 0 Å². The highest BCUT2D eigenvalue weighted by Crippen LogP contribution is 2.35. The molecular weight excluding hydrogens is 239 g/mol. The van der Waals surface area contributed by atoms with Crippen LogP contribution in [0.3, 0.4) is 0 Å². The van der Waals surface area contributed by atoms with E-state index in [1.807, 2.05) is 0 Å². The van der Waals surface area contributed by atoms with Crippen molar-refractivity contribution < 1.29 is 9.18 Å². The molecule has 1 aromatic rings. The fourth-order valence-electron chi connectivity index (χ4n) is 2.58. The van der Waals surface area contributed by atoms with Crippen LogP contribution in [0.5, 0.6) is 0 Å². The molecule has 0 bridgehead atoms. The van der Waals surface area contributed by atoms with Gasteiger partial charge in [-0.3, -0.25) is 4.79 Å². The quantitative estimate of drug-likeness (QED) is 0.715. The van der Waals surface area contributed by atoms with Crippen LogP contribution >= 0.6 is 11.6 Å². The monoisotopic (exact) mass is 254 g/mol. The maximum Gasteiger partial charge on any atom is 0.167 e. The number of rotatable bonds is 2. The van der Waals surface area contributed by atoms with Crippen molar-refractivity contribution in [1.29, 1.82) is 0 Å². The predicted molar refractivity (Wildman–Crippen MR) is 67.0 cm³/mol. The van der Waals surface area contributed by atoms with Crippen molar-refractivity contribution in [2.75, 3.05) is 0 Å². The van der Waals surface area contributed by atoms with E-state index in [0.717, 1.165) is 19.3 Å². The Morgan fingerprint density at radius 2 is 2.12 bits per heavy atom. The van der Waals surface area contributed by atoms with Gasteiger partial charge in [0.15, 0.2) is 5.78 Å². The lowest BCUT2D eigenvalue weighted by Crippen LogP contribution is -2.17. The maximum atomic E-state index is 13.3. The molecule has 1 saturated carbocycles. The second kappa shape index (κ2) is 4.77. The zero-order valence-corrected chi connectivity index (χ0v) is 10.9. The molecule has 92 valence electrons. The van der Waals surface area contributed by atoms with E-state index in [1.54, 1.807) is 13.0 Å². The van der Waals surface area contributed by atoms with Crippen molar-refractivity contribution in [2.45, 2.75) is 33.1 Å². The van der Waals surface area contributed by atoms with Crippen molar-refractivity contribution in [3.63, 3.8) is 0 Å². The first-order chi connectivity index (χ1) is 8.00. The average molecular weight is 255 g/mol. The van der Waals surface area contributed by atoms with Gasteiger partial charge in [0.2, 0.25) is 0 Å². The number of aryl methyl sites for hydroxylation is 1. The van der Waals surface area contributed by atoms with Gasteiger partial charge in [-0.05, 0) is 43.4 Å². The van der Waals surface area contributed by atoms with Crippen LogP contribution in [0.25, 0.3) is 0 Å². The maximum absolute atomic E-state index is 13.3. The molecule has 0 heterocycles. The Morgan fingerprint density at radius 3 is 2.71 bits per heavy atom. The number of carbonyl (C=O) groups excluding carboxylic acids is 1. The van der Waals surface area contributed by atoms with Gasteiger partial charge in [-0.1, -0.05) is 24.9 Å². The molecule has 1 nitrogen and oxygen atoms in total. The summed E-state index contributed by atoms with van der Waals surface area (Å²) in [7, 11) is 0. The fraction of sp³-hybridized carbons (Fsp3) is 0.500. The van der Waals surface area contributed by atoms with Crippen LogP contribution < -0.4 is 0 Å². The minimum absolute atomic E-state index is 0.0531. The summed E-state index contributed by atoms with van der Waals surface area (Å²) in [6.45, 7) is 3.75. The summed E-state index contributed by atoms with van der Waals surface area (Å²) in [5.41, 5.74) is 0.952. The summed E-state index contributed by atoms with van der Waals surface area (Å²) in [6, 6.07) is 2.81. The Labute approximate surface area is 106 Å². The average Bonchev–Trinajstić information content (AvgIpc) is 2.69. The summed E-state index contributed by atoms with van der Waals surface area (Å²) in [5.74, 6) is 0.176. The van der Waals surface area contributed by atoms with Gasteiger partial charge in [0.25, 0.3) is 0 Å². The van der Waals surface area contributed by atoms with E-state index in [9.17, 15) is 9.18 Å². The molecule has 1 fully saturated rings. The molecular formula is C14H16ClFO. The van der Waals surface area contributed by atoms with E-state index in [-0.39, 0.29) is 22.5 Å². The second-order valence-electron chi connectivity index (χ2n) is 4.96. The topological polar surface area (TPSA) is 17.1 Å². The van der Waals surface area contributed by atoms with Gasteiger partial charge in [-0.2, -0.15) is 0 Å². The third-order valence-corrected chi connectivity index (χ3v) is 4.02. The molecule has 0 aromatic heterocycles. The fourth-order valence-corrected chi connectivity index (χ4v) is 2.82. The molecule has 2 atom stereocenters. The van der Waals surface area contributed by atoms with Crippen LogP contribution in [0.15, 0.2) is 12.1 Å². The van der Waals surface area contributed by atoms with Gasteiger partial charge in [0.1, 0.15) is 5.82 Å². The number of hydrogen-bond donors (Lipinski definition) is 0. The van der Waals surface area contributed by atoms with E-state index in [0.29, 0.717) is 17.0 Å². The number of ketones is 1. The van der Waals surface area contributed by atoms with E-state index in [2.05, 4.69) is 6.92 Å². The molecule has 0 saturated heterocycles. The first kappa shape index (κ1) is 12.6. The molecule has 3 heteroatoms. The molecule has 0 N–H and O–H groups in total. The Bertz CT molecular complexity index is 456. The standard InChI is InChI=1S/C14H16ClFO/c1-8-4-3-5-10(8)14(17)11-6-9(2)13(16)7-12(11)15/h6-8,10H,3-5H2,1-2H3. The molecule has 2 rings (SSSR count).